The van der Waals surface area contributed by atoms with Crippen molar-refractivity contribution in [1.29, 1.82) is 0 Å². The van der Waals surface area contributed by atoms with Gasteiger partial charge in [0.25, 0.3) is 0 Å². The first-order valence-electron chi connectivity index (χ1n) is 6.74. The third-order valence-electron chi connectivity index (χ3n) is 3.56. The van der Waals surface area contributed by atoms with Gasteiger partial charge in [-0.05, 0) is 20.8 Å². The number of likely N-dealkylation sites (tertiary alicyclic amines) is 1. The van der Waals surface area contributed by atoms with Crippen molar-refractivity contribution >= 4 is 23.8 Å². The van der Waals surface area contributed by atoms with Crippen LogP contribution in [0.15, 0.2) is 0 Å². The molecule has 0 spiro atoms. The zero-order chi connectivity index (χ0) is 15.0. The molecule has 2 fully saturated rings. The van der Waals surface area contributed by atoms with Crippen LogP contribution in [0.3, 0.4) is 0 Å². The van der Waals surface area contributed by atoms with Crippen LogP contribution in [0.4, 0.5) is 4.79 Å². The number of carbonyl (C=O) groups is 2. The zero-order valence-corrected chi connectivity index (χ0v) is 13.0. The number of thioether (sulfide) groups is 1. The van der Waals surface area contributed by atoms with Gasteiger partial charge in [0.1, 0.15) is 12.2 Å². The number of ether oxygens (including phenoxy) is 1. The molecule has 0 bridgehead atoms. The molecule has 20 heavy (non-hydrogen) atoms. The third kappa shape index (κ3) is 3.58. The molecule has 0 radical (unpaired) electrons. The van der Waals surface area contributed by atoms with Crippen molar-refractivity contribution in [2.24, 2.45) is 0 Å². The Morgan fingerprint density at radius 2 is 1.85 bits per heavy atom. The minimum absolute atomic E-state index is 0.0368. The summed E-state index contributed by atoms with van der Waals surface area (Å²) in [5.74, 6) is -0.0230. The molecule has 2 rings (SSSR count). The Hall–Kier alpha value is -0.950. The fourth-order valence-corrected chi connectivity index (χ4v) is 3.71. The van der Waals surface area contributed by atoms with Gasteiger partial charge in [-0.3, -0.25) is 0 Å². The number of carboxylic acids is 1. The van der Waals surface area contributed by atoms with Crippen molar-refractivity contribution in [3.05, 3.63) is 0 Å². The Balaban J connectivity index is 1.83. The number of amides is 2. The van der Waals surface area contributed by atoms with E-state index in [1.165, 1.54) is 0 Å². The highest BCUT2D eigenvalue weighted by Crippen LogP contribution is 2.32. The fraction of sp³-hybridized carbons (Fsp3) is 0.846. The first-order chi connectivity index (χ1) is 9.21. The number of aliphatic carboxylic acids is 1. The van der Waals surface area contributed by atoms with E-state index in [9.17, 15) is 9.59 Å². The van der Waals surface area contributed by atoms with E-state index >= 15 is 0 Å². The normalized spacial score (nSPS) is 24.1. The Morgan fingerprint density at radius 1 is 1.20 bits per heavy atom. The van der Waals surface area contributed by atoms with Gasteiger partial charge in [0.05, 0.1) is 13.1 Å². The predicted octanol–water partition coefficient (Wildman–Crippen LogP) is 1.11. The molecule has 0 atom stereocenters. The number of nitrogens with zero attached hydrogens (tertiary/aromatic N) is 2. The monoisotopic (exact) mass is 302 g/mol. The molecular weight excluding hydrogens is 280 g/mol. The van der Waals surface area contributed by atoms with Crippen LogP contribution in [0.2, 0.25) is 0 Å². The number of urea groups is 1. The molecule has 0 aromatic carbocycles. The molecular formula is C13H22N2O4S. The first kappa shape index (κ1) is 15.4. The van der Waals surface area contributed by atoms with Gasteiger partial charge < -0.3 is 19.6 Å². The van der Waals surface area contributed by atoms with Crippen LogP contribution in [-0.4, -0.2) is 75.8 Å². The van der Waals surface area contributed by atoms with E-state index in [1.807, 2.05) is 23.6 Å². The molecule has 2 amide bonds. The van der Waals surface area contributed by atoms with Crippen LogP contribution in [0.1, 0.15) is 20.8 Å². The van der Waals surface area contributed by atoms with Crippen molar-refractivity contribution in [2.75, 3.05) is 38.5 Å². The highest BCUT2D eigenvalue weighted by Gasteiger charge is 2.45. The van der Waals surface area contributed by atoms with E-state index in [4.69, 9.17) is 9.84 Å². The van der Waals surface area contributed by atoms with E-state index in [0.717, 1.165) is 18.8 Å². The standard InChI is InChI=1S/C13H22N2O4S/c1-12(2)7-14(4-5-20-12)11(18)15-8-13(3,9-15)19-6-10(16)17/h4-9H2,1-3H3,(H,16,17). The van der Waals surface area contributed by atoms with E-state index in [1.54, 1.807) is 4.90 Å². The summed E-state index contributed by atoms with van der Waals surface area (Å²) >= 11 is 1.89. The van der Waals surface area contributed by atoms with Gasteiger partial charge in [-0.15, -0.1) is 0 Å². The van der Waals surface area contributed by atoms with Crippen molar-refractivity contribution in [2.45, 2.75) is 31.1 Å². The van der Waals surface area contributed by atoms with E-state index in [2.05, 4.69) is 13.8 Å². The highest BCUT2D eigenvalue weighted by atomic mass is 32.2. The van der Waals surface area contributed by atoms with Crippen LogP contribution in [-0.2, 0) is 9.53 Å². The zero-order valence-electron chi connectivity index (χ0n) is 12.2. The average molecular weight is 302 g/mol. The minimum Gasteiger partial charge on any atom is -0.480 e. The second-order valence-corrected chi connectivity index (χ2v) is 8.10. The Morgan fingerprint density at radius 3 is 2.40 bits per heavy atom. The molecule has 114 valence electrons. The smallest absolute Gasteiger partial charge is 0.329 e. The molecule has 0 aromatic heterocycles. The van der Waals surface area contributed by atoms with Crippen LogP contribution < -0.4 is 0 Å². The van der Waals surface area contributed by atoms with Gasteiger partial charge in [-0.2, -0.15) is 11.8 Å². The summed E-state index contributed by atoms with van der Waals surface area (Å²) in [4.78, 5) is 26.5. The number of carboxylic acid groups (broad SMARTS) is 1. The second-order valence-electron chi connectivity index (χ2n) is 6.30. The summed E-state index contributed by atoms with van der Waals surface area (Å²) in [6, 6.07) is 0.0368. The van der Waals surface area contributed by atoms with Gasteiger partial charge in [0.2, 0.25) is 0 Å². The molecule has 0 unspecified atom stereocenters. The summed E-state index contributed by atoms with van der Waals surface area (Å²) in [7, 11) is 0. The molecule has 2 aliphatic rings. The molecule has 1 N–H and O–H groups in total. The maximum absolute atomic E-state index is 12.4. The summed E-state index contributed by atoms with van der Waals surface area (Å²) in [6.45, 7) is 8.27. The van der Waals surface area contributed by atoms with Crippen LogP contribution in [0.5, 0.6) is 0 Å². The van der Waals surface area contributed by atoms with Crippen LogP contribution in [0, 0.1) is 0 Å². The third-order valence-corrected chi connectivity index (χ3v) is 4.86. The van der Waals surface area contributed by atoms with E-state index in [-0.39, 0.29) is 17.4 Å². The number of hydrogen-bond donors (Lipinski definition) is 1. The molecule has 2 saturated heterocycles. The van der Waals surface area contributed by atoms with Gasteiger partial charge in [-0.25, -0.2) is 9.59 Å². The van der Waals surface area contributed by atoms with Gasteiger partial charge in [0.15, 0.2) is 0 Å². The summed E-state index contributed by atoms with van der Waals surface area (Å²) in [6.07, 6.45) is 0. The predicted molar refractivity (Wildman–Crippen MR) is 77.1 cm³/mol. The van der Waals surface area contributed by atoms with Crippen LogP contribution >= 0.6 is 11.8 Å². The maximum atomic E-state index is 12.4. The lowest BCUT2D eigenvalue weighted by atomic mass is 9.97. The molecule has 0 aliphatic carbocycles. The minimum atomic E-state index is -0.981. The van der Waals surface area contributed by atoms with Crippen molar-refractivity contribution < 1.29 is 19.4 Å². The lowest BCUT2D eigenvalue weighted by molar-refractivity contribution is -0.160. The van der Waals surface area contributed by atoms with E-state index < -0.39 is 11.6 Å². The summed E-state index contributed by atoms with van der Waals surface area (Å²) in [5.41, 5.74) is -0.520. The van der Waals surface area contributed by atoms with Gasteiger partial charge in [0, 0.05) is 23.6 Å². The van der Waals surface area contributed by atoms with Crippen molar-refractivity contribution in [3.8, 4) is 0 Å². The van der Waals surface area contributed by atoms with Gasteiger partial charge in [-0.1, -0.05) is 0 Å². The molecule has 0 aromatic rings. The fourth-order valence-electron chi connectivity index (χ4n) is 2.60. The number of carbonyl (C=O) groups excluding carboxylic acids is 1. The SMILES string of the molecule is CC1(OCC(=O)O)CN(C(=O)N2CCSC(C)(C)C2)C1. The average Bonchev–Trinajstić information content (AvgIpc) is 2.31. The maximum Gasteiger partial charge on any atom is 0.329 e. The Labute approximate surface area is 123 Å². The molecule has 2 aliphatic heterocycles. The summed E-state index contributed by atoms with van der Waals surface area (Å²) < 4.78 is 5.42. The molecule has 6 nitrogen and oxygen atoms in total. The first-order valence-corrected chi connectivity index (χ1v) is 7.73. The van der Waals surface area contributed by atoms with Gasteiger partial charge >= 0.3 is 12.0 Å². The quantitative estimate of drug-likeness (QED) is 0.845. The molecule has 7 heteroatoms. The molecule has 2 heterocycles. The largest absolute Gasteiger partial charge is 0.480 e. The number of hydrogen-bond acceptors (Lipinski definition) is 4. The Kier molecular flexibility index (Phi) is 4.20. The topological polar surface area (TPSA) is 70.1 Å². The Bertz CT molecular complexity index is 407. The number of rotatable bonds is 3. The highest BCUT2D eigenvalue weighted by molar-refractivity contribution is 8.00. The molecule has 0 saturated carbocycles. The van der Waals surface area contributed by atoms with Crippen molar-refractivity contribution in [1.82, 2.24) is 9.80 Å². The van der Waals surface area contributed by atoms with Crippen molar-refractivity contribution in [3.63, 3.8) is 0 Å². The second kappa shape index (κ2) is 5.44. The summed E-state index contributed by atoms with van der Waals surface area (Å²) in [5, 5.41) is 8.62. The van der Waals surface area contributed by atoms with Crippen LogP contribution in [0.25, 0.3) is 0 Å². The van der Waals surface area contributed by atoms with E-state index in [0.29, 0.717) is 13.1 Å². The lowest BCUT2D eigenvalue weighted by Crippen LogP contribution is -2.66. The lowest BCUT2D eigenvalue weighted by Gasteiger charge is -2.50.